The zero-order valence-corrected chi connectivity index (χ0v) is 16.5. The predicted molar refractivity (Wildman–Crippen MR) is 97.6 cm³/mol. The number of aliphatic hydroxyl groups is 1. The van der Waals surface area contributed by atoms with Gasteiger partial charge in [-0.1, -0.05) is 0 Å². The molecule has 9 heteroatoms. The maximum absolute atomic E-state index is 12.5. The molecule has 4 rings (SSSR count). The fourth-order valence-corrected chi connectivity index (χ4v) is 5.17. The predicted octanol–water partition coefficient (Wildman–Crippen LogP) is -1.40. The van der Waals surface area contributed by atoms with Gasteiger partial charge in [0.25, 0.3) is 0 Å². The molecule has 27 heavy (non-hydrogen) atoms. The van der Waals surface area contributed by atoms with Crippen molar-refractivity contribution in [2.75, 3.05) is 6.61 Å². The van der Waals surface area contributed by atoms with Crippen LogP contribution in [0.1, 0.15) is 20.1 Å². The van der Waals surface area contributed by atoms with Crippen molar-refractivity contribution in [3.63, 3.8) is 0 Å². The molecule has 1 aromatic heterocycles. The second-order valence-electron chi connectivity index (χ2n) is 6.89. The molecule has 2 saturated heterocycles. The van der Waals surface area contributed by atoms with E-state index in [1.165, 1.54) is 10.8 Å². The summed E-state index contributed by atoms with van der Waals surface area (Å²) in [5.41, 5.74) is -0.986. The standard InChI is InChI=1S/C18H20N2O6Se/c1-18(2)25-13-11(9-21)24-16(14(13)26-18)20-8-12(15(22)19-17(20)23)27-10-6-4-3-5-7-10/h3-8,11,13-14,16,21H,9H2,1-2H3,(H,19,22,23)/t11-,13-,14-,16-/m1/s1. The molecule has 0 bridgehead atoms. The number of aromatic nitrogens is 2. The van der Waals surface area contributed by atoms with E-state index in [0.29, 0.717) is 4.46 Å². The van der Waals surface area contributed by atoms with E-state index in [9.17, 15) is 14.7 Å². The van der Waals surface area contributed by atoms with Crippen LogP contribution in [-0.4, -0.2) is 60.3 Å². The summed E-state index contributed by atoms with van der Waals surface area (Å²) in [5.74, 6) is -0.840. The second kappa shape index (κ2) is 7.01. The first-order chi connectivity index (χ1) is 12.9. The number of H-pyrrole nitrogens is 1. The molecule has 0 amide bonds. The molecular weight excluding hydrogens is 419 g/mol. The SMILES string of the molecule is CC1(C)O[C@@H]2[C@H](O1)[C@@H](CO)O[C@H]2n1cc([Se]c2ccccc2)c(=O)[nH]c1=O. The summed E-state index contributed by atoms with van der Waals surface area (Å²) in [6, 6.07) is 9.60. The van der Waals surface area contributed by atoms with Crippen LogP contribution in [-0.2, 0) is 14.2 Å². The van der Waals surface area contributed by atoms with Crippen molar-refractivity contribution >= 4 is 23.9 Å². The number of hydrogen-bond acceptors (Lipinski definition) is 6. The summed E-state index contributed by atoms with van der Waals surface area (Å²) in [6.07, 6.45) is -0.910. The van der Waals surface area contributed by atoms with E-state index in [4.69, 9.17) is 14.2 Å². The maximum atomic E-state index is 12.5. The van der Waals surface area contributed by atoms with Crippen LogP contribution < -0.4 is 20.2 Å². The average molecular weight is 439 g/mol. The van der Waals surface area contributed by atoms with E-state index in [-0.39, 0.29) is 21.6 Å². The third kappa shape index (κ3) is 3.54. The molecule has 1 aromatic carbocycles. The first kappa shape index (κ1) is 18.6. The first-order valence-electron chi connectivity index (χ1n) is 8.58. The van der Waals surface area contributed by atoms with Gasteiger partial charge in [-0.05, 0) is 0 Å². The Kier molecular flexibility index (Phi) is 4.84. The molecule has 8 nitrogen and oxygen atoms in total. The van der Waals surface area contributed by atoms with Crippen molar-refractivity contribution in [2.24, 2.45) is 0 Å². The van der Waals surface area contributed by atoms with Gasteiger partial charge >= 0.3 is 161 Å². The van der Waals surface area contributed by atoms with Crippen LogP contribution >= 0.6 is 0 Å². The van der Waals surface area contributed by atoms with Crippen molar-refractivity contribution in [1.29, 1.82) is 0 Å². The third-order valence-corrected chi connectivity index (χ3v) is 6.62. The summed E-state index contributed by atoms with van der Waals surface area (Å²) in [6.45, 7) is 3.29. The van der Waals surface area contributed by atoms with E-state index in [0.717, 1.165) is 4.46 Å². The number of hydrogen-bond donors (Lipinski definition) is 2. The molecule has 2 aliphatic heterocycles. The summed E-state index contributed by atoms with van der Waals surface area (Å²) in [5, 5.41) is 9.61. The van der Waals surface area contributed by atoms with Gasteiger partial charge in [-0.2, -0.15) is 0 Å². The molecule has 0 spiro atoms. The van der Waals surface area contributed by atoms with Crippen molar-refractivity contribution < 1.29 is 19.3 Å². The summed E-state index contributed by atoms with van der Waals surface area (Å²) < 4.78 is 20.4. The molecule has 2 fully saturated rings. The van der Waals surface area contributed by atoms with Crippen LogP contribution in [0, 0.1) is 0 Å². The van der Waals surface area contributed by atoms with Crippen LogP contribution in [0.15, 0.2) is 46.1 Å². The molecule has 0 unspecified atom stereocenters. The Morgan fingerprint density at radius 3 is 2.59 bits per heavy atom. The Balaban J connectivity index is 1.70. The second-order valence-corrected chi connectivity index (χ2v) is 9.23. The number of ether oxygens (including phenoxy) is 3. The Labute approximate surface area is 161 Å². The number of rotatable bonds is 4. The Bertz CT molecular complexity index is 941. The van der Waals surface area contributed by atoms with Crippen LogP contribution in [0.25, 0.3) is 0 Å². The third-order valence-electron chi connectivity index (χ3n) is 4.49. The number of benzene rings is 1. The van der Waals surface area contributed by atoms with Crippen LogP contribution in [0.2, 0.25) is 0 Å². The Morgan fingerprint density at radius 2 is 1.89 bits per heavy atom. The van der Waals surface area contributed by atoms with E-state index in [1.807, 2.05) is 30.3 Å². The van der Waals surface area contributed by atoms with Crippen molar-refractivity contribution in [3.05, 3.63) is 57.4 Å². The fourth-order valence-electron chi connectivity index (χ4n) is 3.37. The van der Waals surface area contributed by atoms with Gasteiger partial charge in [-0.15, -0.1) is 0 Å². The number of nitrogens with zero attached hydrogens (tertiary/aromatic N) is 1. The average Bonchev–Trinajstić information content (AvgIpc) is 3.11. The fraction of sp³-hybridized carbons (Fsp3) is 0.444. The molecule has 0 aliphatic carbocycles. The van der Waals surface area contributed by atoms with Gasteiger partial charge in [0.1, 0.15) is 0 Å². The molecule has 144 valence electrons. The minimum absolute atomic E-state index is 0.254. The molecule has 3 heterocycles. The van der Waals surface area contributed by atoms with Crippen LogP contribution in [0.5, 0.6) is 0 Å². The Hall–Kier alpha value is -1.74. The molecule has 4 atom stereocenters. The van der Waals surface area contributed by atoms with Gasteiger partial charge in [0.15, 0.2) is 0 Å². The molecular formula is C18H20N2O6Se. The number of aliphatic hydroxyl groups excluding tert-OH is 1. The normalized spacial score (nSPS) is 29.0. The quantitative estimate of drug-likeness (QED) is 0.569. The Morgan fingerprint density at radius 1 is 1.19 bits per heavy atom. The molecule has 0 radical (unpaired) electrons. The van der Waals surface area contributed by atoms with E-state index >= 15 is 0 Å². The van der Waals surface area contributed by atoms with E-state index in [1.54, 1.807) is 13.8 Å². The van der Waals surface area contributed by atoms with E-state index in [2.05, 4.69) is 4.98 Å². The van der Waals surface area contributed by atoms with Crippen LogP contribution in [0.3, 0.4) is 0 Å². The topological polar surface area (TPSA) is 103 Å². The monoisotopic (exact) mass is 440 g/mol. The minimum atomic E-state index is -0.840. The number of fused-ring (bicyclic) bond motifs is 1. The van der Waals surface area contributed by atoms with E-state index < -0.39 is 41.6 Å². The van der Waals surface area contributed by atoms with Gasteiger partial charge in [-0.3, -0.25) is 0 Å². The zero-order chi connectivity index (χ0) is 19.2. The van der Waals surface area contributed by atoms with Crippen molar-refractivity contribution in [3.8, 4) is 0 Å². The van der Waals surface area contributed by atoms with Crippen molar-refractivity contribution in [2.45, 2.75) is 44.2 Å². The molecule has 2 aromatic rings. The van der Waals surface area contributed by atoms with Crippen LogP contribution in [0.4, 0.5) is 0 Å². The van der Waals surface area contributed by atoms with Crippen molar-refractivity contribution in [1.82, 2.24) is 9.55 Å². The van der Waals surface area contributed by atoms with Gasteiger partial charge in [0, 0.05) is 0 Å². The molecule has 0 saturated carbocycles. The van der Waals surface area contributed by atoms with Gasteiger partial charge < -0.3 is 0 Å². The number of aromatic amines is 1. The first-order valence-corrected chi connectivity index (χ1v) is 10.3. The van der Waals surface area contributed by atoms with Gasteiger partial charge in [0.2, 0.25) is 0 Å². The van der Waals surface area contributed by atoms with Gasteiger partial charge in [-0.25, -0.2) is 0 Å². The zero-order valence-electron chi connectivity index (χ0n) is 14.8. The van der Waals surface area contributed by atoms with Gasteiger partial charge in [0.05, 0.1) is 0 Å². The summed E-state index contributed by atoms with van der Waals surface area (Å²) in [4.78, 5) is 27.1. The molecule has 2 N–H and O–H groups in total. The number of nitrogens with one attached hydrogen (secondary N) is 1. The molecule has 2 aliphatic rings. The summed E-state index contributed by atoms with van der Waals surface area (Å²) >= 11 is -0.273. The summed E-state index contributed by atoms with van der Waals surface area (Å²) in [7, 11) is 0.